The molecule has 182 valence electrons. The predicted octanol–water partition coefficient (Wildman–Crippen LogP) is 1.24. The van der Waals surface area contributed by atoms with Crippen molar-refractivity contribution >= 4 is 35.8 Å². The molecule has 1 unspecified atom stereocenters. The lowest BCUT2D eigenvalue weighted by molar-refractivity contribution is -0.133. The van der Waals surface area contributed by atoms with E-state index in [0.29, 0.717) is 19.0 Å². The van der Waals surface area contributed by atoms with E-state index in [1.54, 1.807) is 0 Å². The number of hydrogen-bond acceptors (Lipinski definition) is 5. The average Bonchev–Trinajstić information content (AvgIpc) is 3.20. The maximum atomic E-state index is 12.6. The Morgan fingerprint density at radius 3 is 2.38 bits per heavy atom. The van der Waals surface area contributed by atoms with Gasteiger partial charge in [0.1, 0.15) is 0 Å². The Hall–Kier alpha value is -1.40. The number of likely N-dealkylation sites (tertiary alicyclic amines) is 1. The van der Waals surface area contributed by atoms with Gasteiger partial charge in [0, 0.05) is 64.6 Å². The van der Waals surface area contributed by atoms with Crippen LogP contribution in [0.3, 0.4) is 0 Å². The van der Waals surface area contributed by atoms with E-state index < -0.39 is 0 Å². The summed E-state index contributed by atoms with van der Waals surface area (Å²) >= 11 is 0. The van der Waals surface area contributed by atoms with E-state index in [-0.39, 0.29) is 30.0 Å². The molecule has 9 nitrogen and oxygen atoms in total. The van der Waals surface area contributed by atoms with Crippen molar-refractivity contribution in [1.82, 2.24) is 34.7 Å². The van der Waals surface area contributed by atoms with Crippen molar-refractivity contribution in [2.24, 2.45) is 12.0 Å². The summed E-state index contributed by atoms with van der Waals surface area (Å²) < 4.78 is 1.84. The molecule has 1 amide bonds. The van der Waals surface area contributed by atoms with Crippen molar-refractivity contribution in [2.75, 3.05) is 73.0 Å². The normalized spacial score (nSPS) is 19.1. The van der Waals surface area contributed by atoms with E-state index in [9.17, 15) is 4.79 Å². The van der Waals surface area contributed by atoms with Crippen molar-refractivity contribution in [3.05, 3.63) is 18.0 Å². The summed E-state index contributed by atoms with van der Waals surface area (Å²) in [5, 5.41) is 7.77. The van der Waals surface area contributed by atoms with Gasteiger partial charge in [-0.3, -0.25) is 19.4 Å². The molecule has 2 saturated heterocycles. The summed E-state index contributed by atoms with van der Waals surface area (Å²) in [5.41, 5.74) is 1.17. The number of piperazine rings is 1. The molecule has 0 spiro atoms. The summed E-state index contributed by atoms with van der Waals surface area (Å²) in [6.45, 7) is 9.59. The number of rotatable bonds is 7. The van der Waals surface area contributed by atoms with Crippen LogP contribution in [0.5, 0.6) is 0 Å². The van der Waals surface area contributed by atoms with Crippen molar-refractivity contribution < 1.29 is 4.79 Å². The molecular weight excluding hydrogens is 519 g/mol. The molecular formula is C22H41IN8O. The second-order valence-corrected chi connectivity index (χ2v) is 8.83. The van der Waals surface area contributed by atoms with Crippen LogP contribution in [0.25, 0.3) is 0 Å². The van der Waals surface area contributed by atoms with Gasteiger partial charge < -0.3 is 20.0 Å². The molecule has 2 fully saturated rings. The fourth-order valence-corrected chi connectivity index (χ4v) is 4.33. The van der Waals surface area contributed by atoms with Gasteiger partial charge in [0.2, 0.25) is 5.91 Å². The quantitative estimate of drug-likeness (QED) is 0.308. The largest absolute Gasteiger partial charge is 0.357 e. The predicted molar refractivity (Wildman–Crippen MR) is 139 cm³/mol. The second kappa shape index (κ2) is 13.3. The SMILES string of the molecule is CCNC(=NCC(c1cnn(C)c1)N(C)C)N1CCN(CC(=O)N2CCCCC2)CC1.I. The van der Waals surface area contributed by atoms with Crippen LogP contribution >= 0.6 is 24.0 Å². The molecule has 10 heteroatoms. The van der Waals surface area contributed by atoms with Crippen molar-refractivity contribution in [3.8, 4) is 0 Å². The topological polar surface area (TPSA) is 72.2 Å². The molecule has 0 radical (unpaired) electrons. The summed E-state index contributed by atoms with van der Waals surface area (Å²) in [6, 6.07) is 0.186. The number of hydrogen-bond donors (Lipinski definition) is 1. The third-order valence-corrected chi connectivity index (χ3v) is 6.22. The van der Waals surface area contributed by atoms with Crippen LogP contribution < -0.4 is 5.32 Å². The highest BCUT2D eigenvalue weighted by atomic mass is 127. The standard InChI is InChI=1S/C22H40N8O.HI/c1-5-23-22(24-16-20(26(2)3)19-15-25-27(4)17-19)30-13-11-28(12-14-30)18-21(31)29-9-7-6-8-10-29;/h15,17,20H,5-14,16,18H2,1-4H3,(H,23,24);1H. The van der Waals surface area contributed by atoms with Crippen LogP contribution in [0.1, 0.15) is 37.8 Å². The lowest BCUT2D eigenvalue weighted by atomic mass is 10.1. The first-order chi connectivity index (χ1) is 15.0. The fourth-order valence-electron chi connectivity index (χ4n) is 4.33. The summed E-state index contributed by atoms with van der Waals surface area (Å²) in [7, 11) is 6.11. The number of guanidine groups is 1. The Morgan fingerprint density at radius 2 is 1.81 bits per heavy atom. The Bertz CT molecular complexity index is 723. The minimum absolute atomic E-state index is 0. The van der Waals surface area contributed by atoms with E-state index in [1.165, 1.54) is 12.0 Å². The Morgan fingerprint density at radius 1 is 1.12 bits per heavy atom. The van der Waals surface area contributed by atoms with Crippen LogP contribution in [0.15, 0.2) is 17.4 Å². The van der Waals surface area contributed by atoms with Gasteiger partial charge in [-0.25, -0.2) is 0 Å². The van der Waals surface area contributed by atoms with Gasteiger partial charge in [-0.2, -0.15) is 5.10 Å². The van der Waals surface area contributed by atoms with E-state index in [1.807, 2.05) is 22.8 Å². The molecule has 0 aromatic carbocycles. The number of nitrogens with zero attached hydrogens (tertiary/aromatic N) is 7. The first-order valence-corrected chi connectivity index (χ1v) is 11.7. The minimum atomic E-state index is 0. The first-order valence-electron chi connectivity index (χ1n) is 11.7. The molecule has 3 rings (SSSR count). The zero-order chi connectivity index (χ0) is 22.2. The number of halogens is 1. The van der Waals surface area contributed by atoms with Crippen LogP contribution in [0.2, 0.25) is 0 Å². The van der Waals surface area contributed by atoms with Crippen molar-refractivity contribution in [1.29, 1.82) is 0 Å². The number of aromatic nitrogens is 2. The zero-order valence-electron chi connectivity index (χ0n) is 20.2. The van der Waals surface area contributed by atoms with E-state index in [4.69, 9.17) is 4.99 Å². The molecule has 1 atom stereocenters. The first kappa shape index (κ1) is 26.8. The van der Waals surface area contributed by atoms with Gasteiger partial charge in [0.15, 0.2) is 5.96 Å². The zero-order valence-corrected chi connectivity index (χ0v) is 22.5. The van der Waals surface area contributed by atoms with Gasteiger partial charge in [-0.05, 0) is 40.3 Å². The lowest BCUT2D eigenvalue weighted by Crippen LogP contribution is -2.54. The number of aliphatic imine (C=N–C) groups is 1. The number of aryl methyl sites for hydroxylation is 1. The van der Waals surface area contributed by atoms with Crippen LogP contribution in [-0.4, -0.2) is 114 Å². The molecule has 1 N–H and O–H groups in total. The van der Waals surface area contributed by atoms with Gasteiger partial charge >= 0.3 is 0 Å². The fraction of sp³-hybridized carbons (Fsp3) is 0.773. The number of amides is 1. The van der Waals surface area contributed by atoms with Gasteiger partial charge in [0.25, 0.3) is 0 Å². The molecule has 1 aromatic rings. The van der Waals surface area contributed by atoms with Gasteiger partial charge in [-0.15, -0.1) is 24.0 Å². The number of carbonyl (C=O) groups excluding carboxylic acids is 1. The lowest BCUT2D eigenvalue weighted by Gasteiger charge is -2.37. The van der Waals surface area contributed by atoms with Gasteiger partial charge in [-0.1, -0.05) is 0 Å². The van der Waals surface area contributed by atoms with Crippen LogP contribution in [0.4, 0.5) is 0 Å². The Balaban J connectivity index is 0.00000363. The maximum Gasteiger partial charge on any atom is 0.236 e. The summed E-state index contributed by atoms with van der Waals surface area (Å²) in [6.07, 6.45) is 7.53. The van der Waals surface area contributed by atoms with E-state index in [0.717, 1.165) is 64.6 Å². The Kier molecular flexibility index (Phi) is 11.2. The Labute approximate surface area is 210 Å². The number of piperidine rings is 1. The second-order valence-electron chi connectivity index (χ2n) is 8.83. The number of carbonyl (C=O) groups is 1. The van der Waals surface area contributed by atoms with E-state index in [2.05, 4.69) is 52.3 Å². The molecule has 0 bridgehead atoms. The average molecular weight is 561 g/mol. The highest BCUT2D eigenvalue weighted by Gasteiger charge is 2.24. The molecule has 3 heterocycles. The smallest absolute Gasteiger partial charge is 0.236 e. The number of nitrogens with one attached hydrogen (secondary N) is 1. The highest BCUT2D eigenvalue weighted by Crippen LogP contribution is 2.18. The van der Waals surface area contributed by atoms with Crippen LogP contribution in [-0.2, 0) is 11.8 Å². The summed E-state index contributed by atoms with van der Waals surface area (Å²) in [5.74, 6) is 1.25. The molecule has 0 saturated carbocycles. The molecule has 0 aliphatic carbocycles. The van der Waals surface area contributed by atoms with Crippen LogP contribution in [0, 0.1) is 0 Å². The van der Waals surface area contributed by atoms with Gasteiger partial charge in [0.05, 0.1) is 25.3 Å². The summed E-state index contributed by atoms with van der Waals surface area (Å²) in [4.78, 5) is 26.4. The third-order valence-electron chi connectivity index (χ3n) is 6.22. The molecule has 1 aromatic heterocycles. The van der Waals surface area contributed by atoms with Crippen molar-refractivity contribution in [2.45, 2.75) is 32.2 Å². The monoisotopic (exact) mass is 560 g/mol. The molecule has 32 heavy (non-hydrogen) atoms. The maximum absolute atomic E-state index is 12.6. The number of likely N-dealkylation sites (N-methyl/N-ethyl adjacent to an activating group) is 1. The van der Waals surface area contributed by atoms with E-state index >= 15 is 0 Å². The highest BCUT2D eigenvalue weighted by molar-refractivity contribution is 14.0. The third kappa shape index (κ3) is 7.58. The van der Waals surface area contributed by atoms with Crippen molar-refractivity contribution in [3.63, 3.8) is 0 Å². The molecule has 2 aliphatic rings. The molecule has 2 aliphatic heterocycles. The minimum Gasteiger partial charge on any atom is -0.357 e.